The Morgan fingerprint density at radius 2 is 1.94 bits per heavy atom. The predicted octanol–water partition coefficient (Wildman–Crippen LogP) is 4.76. The van der Waals surface area contributed by atoms with Crippen molar-refractivity contribution in [3.05, 3.63) is 47.7 Å². The lowest BCUT2D eigenvalue weighted by atomic mass is 9.75. The normalized spacial score (nSPS) is 19.9. The van der Waals surface area contributed by atoms with E-state index in [9.17, 15) is 27.9 Å². The zero-order valence-electron chi connectivity index (χ0n) is 20.1. The number of pyridine rings is 1. The number of carboxylic acid groups (broad SMARTS) is 1. The molecule has 0 aliphatic heterocycles. The zero-order chi connectivity index (χ0) is 26.3. The standard InChI is InChI=1S/C25H29F3N2O6/c1-3-16-7-10-24(11-8-16,23(32)33)30-21(31)18-14-20(22(34-2)29-15-18)35-12-9-17-5-4-6-19(13-17)36-25(26,27)28/h4-6,13-16H,3,7-12H2,1-2H3,(H,30,31)(H,32,33). The van der Waals surface area contributed by atoms with E-state index in [4.69, 9.17) is 9.47 Å². The number of aromatic nitrogens is 1. The van der Waals surface area contributed by atoms with Gasteiger partial charge in [-0.25, -0.2) is 9.78 Å². The molecule has 2 N–H and O–H groups in total. The number of carbonyl (C=O) groups excluding carboxylic acids is 1. The summed E-state index contributed by atoms with van der Waals surface area (Å²) >= 11 is 0. The highest BCUT2D eigenvalue weighted by atomic mass is 19.4. The molecule has 1 amide bonds. The van der Waals surface area contributed by atoms with Crippen LogP contribution in [0.4, 0.5) is 13.2 Å². The number of hydrogen-bond acceptors (Lipinski definition) is 6. The molecule has 3 rings (SSSR count). The van der Waals surface area contributed by atoms with Gasteiger partial charge in [-0.1, -0.05) is 25.5 Å². The van der Waals surface area contributed by atoms with Gasteiger partial charge in [-0.05, 0) is 49.3 Å². The second kappa shape index (κ2) is 11.5. The van der Waals surface area contributed by atoms with Crippen LogP contribution < -0.4 is 19.5 Å². The van der Waals surface area contributed by atoms with E-state index in [2.05, 4.69) is 22.0 Å². The molecule has 1 aliphatic carbocycles. The quantitative estimate of drug-likeness (QED) is 0.474. The minimum absolute atomic E-state index is 0.0516. The van der Waals surface area contributed by atoms with Crippen molar-refractivity contribution in [2.24, 2.45) is 5.92 Å². The third-order valence-corrected chi connectivity index (χ3v) is 6.35. The Bertz CT molecular complexity index is 1070. The van der Waals surface area contributed by atoms with E-state index in [0.29, 0.717) is 37.2 Å². The van der Waals surface area contributed by atoms with Crippen LogP contribution in [0.15, 0.2) is 36.5 Å². The van der Waals surface area contributed by atoms with Crippen LogP contribution >= 0.6 is 0 Å². The number of ether oxygens (including phenoxy) is 3. The van der Waals surface area contributed by atoms with Crippen LogP contribution in [0.25, 0.3) is 0 Å². The molecule has 1 heterocycles. The molecule has 1 aromatic heterocycles. The van der Waals surface area contributed by atoms with Gasteiger partial charge in [0, 0.05) is 18.7 Å². The summed E-state index contributed by atoms with van der Waals surface area (Å²) in [4.78, 5) is 29.1. The fraction of sp³-hybridized carbons (Fsp3) is 0.480. The summed E-state index contributed by atoms with van der Waals surface area (Å²) < 4.78 is 52.2. The van der Waals surface area contributed by atoms with Gasteiger partial charge >= 0.3 is 12.3 Å². The van der Waals surface area contributed by atoms with Crippen LogP contribution in [-0.4, -0.2) is 47.6 Å². The van der Waals surface area contributed by atoms with Crippen molar-refractivity contribution in [1.29, 1.82) is 0 Å². The van der Waals surface area contributed by atoms with Crippen molar-refractivity contribution in [1.82, 2.24) is 10.3 Å². The number of carbonyl (C=O) groups is 2. The molecule has 11 heteroatoms. The number of methoxy groups -OCH3 is 1. The molecule has 36 heavy (non-hydrogen) atoms. The van der Waals surface area contributed by atoms with Crippen LogP contribution in [0.1, 0.15) is 54.9 Å². The largest absolute Gasteiger partial charge is 0.573 e. The second-order valence-electron chi connectivity index (χ2n) is 8.72. The Morgan fingerprint density at radius 3 is 2.56 bits per heavy atom. The first-order valence-electron chi connectivity index (χ1n) is 11.6. The van der Waals surface area contributed by atoms with Crippen molar-refractivity contribution in [2.75, 3.05) is 13.7 Å². The fourth-order valence-corrected chi connectivity index (χ4v) is 4.25. The van der Waals surface area contributed by atoms with E-state index in [-0.39, 0.29) is 36.0 Å². The predicted molar refractivity (Wildman–Crippen MR) is 123 cm³/mol. The molecule has 2 aromatic rings. The van der Waals surface area contributed by atoms with E-state index in [0.717, 1.165) is 6.42 Å². The lowest BCUT2D eigenvalue weighted by Gasteiger charge is -2.37. The van der Waals surface area contributed by atoms with Gasteiger partial charge in [0.1, 0.15) is 11.3 Å². The third-order valence-electron chi connectivity index (χ3n) is 6.35. The summed E-state index contributed by atoms with van der Waals surface area (Å²) in [6, 6.07) is 6.93. The molecular weight excluding hydrogens is 481 g/mol. The number of amides is 1. The maximum atomic E-state index is 13.0. The van der Waals surface area contributed by atoms with Gasteiger partial charge in [-0.15, -0.1) is 13.2 Å². The highest BCUT2D eigenvalue weighted by Crippen LogP contribution is 2.34. The van der Waals surface area contributed by atoms with E-state index in [1.807, 2.05) is 0 Å². The monoisotopic (exact) mass is 510 g/mol. The molecule has 1 aromatic carbocycles. The van der Waals surface area contributed by atoms with Gasteiger partial charge < -0.3 is 24.6 Å². The van der Waals surface area contributed by atoms with Crippen LogP contribution in [-0.2, 0) is 11.2 Å². The van der Waals surface area contributed by atoms with Gasteiger partial charge in [-0.3, -0.25) is 4.79 Å². The van der Waals surface area contributed by atoms with Crippen molar-refractivity contribution in [3.8, 4) is 17.4 Å². The smallest absolute Gasteiger partial charge is 0.488 e. The molecule has 0 bridgehead atoms. The maximum Gasteiger partial charge on any atom is 0.573 e. The van der Waals surface area contributed by atoms with E-state index in [1.54, 1.807) is 6.07 Å². The summed E-state index contributed by atoms with van der Waals surface area (Å²) in [5.41, 5.74) is -0.694. The van der Waals surface area contributed by atoms with Crippen molar-refractivity contribution < 1.29 is 42.1 Å². The molecule has 1 saturated carbocycles. The van der Waals surface area contributed by atoms with E-state index >= 15 is 0 Å². The Kier molecular flexibility index (Phi) is 8.65. The van der Waals surface area contributed by atoms with Crippen molar-refractivity contribution in [3.63, 3.8) is 0 Å². The molecule has 1 aliphatic rings. The molecule has 0 unspecified atom stereocenters. The van der Waals surface area contributed by atoms with E-state index in [1.165, 1.54) is 37.6 Å². The van der Waals surface area contributed by atoms with Crippen molar-refractivity contribution in [2.45, 2.75) is 57.3 Å². The fourth-order valence-electron chi connectivity index (χ4n) is 4.25. The highest BCUT2D eigenvalue weighted by molar-refractivity contribution is 5.98. The molecule has 0 spiro atoms. The minimum Gasteiger partial charge on any atom is -0.488 e. The average molecular weight is 511 g/mol. The summed E-state index contributed by atoms with van der Waals surface area (Å²) in [6.07, 6.45) is -0.189. The first-order valence-corrected chi connectivity index (χ1v) is 11.6. The lowest BCUT2D eigenvalue weighted by Crippen LogP contribution is -2.56. The summed E-state index contributed by atoms with van der Waals surface area (Å²) in [7, 11) is 1.37. The topological polar surface area (TPSA) is 107 Å². The zero-order valence-corrected chi connectivity index (χ0v) is 20.1. The highest BCUT2D eigenvalue weighted by Gasteiger charge is 2.43. The van der Waals surface area contributed by atoms with Crippen molar-refractivity contribution >= 4 is 11.9 Å². The second-order valence-corrected chi connectivity index (χ2v) is 8.72. The molecule has 0 radical (unpaired) electrons. The number of nitrogens with one attached hydrogen (secondary N) is 1. The molecule has 0 atom stereocenters. The molecule has 0 saturated heterocycles. The number of rotatable bonds is 10. The maximum absolute atomic E-state index is 13.0. The van der Waals surface area contributed by atoms with Crippen LogP contribution in [0.5, 0.6) is 17.4 Å². The Labute approximate surface area is 206 Å². The van der Waals surface area contributed by atoms with Gasteiger partial charge in [0.25, 0.3) is 11.8 Å². The molecule has 1 fully saturated rings. The van der Waals surface area contributed by atoms with Gasteiger partial charge in [0.05, 0.1) is 19.3 Å². The first kappa shape index (κ1) is 27.1. The SMILES string of the molecule is CCC1CCC(NC(=O)c2cnc(OC)c(OCCc3cccc(OC(F)(F)F)c3)c2)(C(=O)O)CC1. The van der Waals surface area contributed by atoms with Crippen LogP contribution in [0, 0.1) is 5.92 Å². The van der Waals surface area contributed by atoms with Crippen LogP contribution in [0.3, 0.4) is 0 Å². The third kappa shape index (κ3) is 7.02. The molecule has 196 valence electrons. The number of hydrogen-bond donors (Lipinski definition) is 2. The number of carboxylic acids is 1. The number of halogens is 3. The van der Waals surface area contributed by atoms with Gasteiger partial charge in [-0.2, -0.15) is 0 Å². The van der Waals surface area contributed by atoms with Crippen LogP contribution in [0.2, 0.25) is 0 Å². The van der Waals surface area contributed by atoms with Gasteiger partial charge in [0.15, 0.2) is 5.75 Å². The summed E-state index contributed by atoms with van der Waals surface area (Å²) in [6.45, 7) is 2.12. The Hall–Kier alpha value is -3.50. The van der Waals surface area contributed by atoms with E-state index < -0.39 is 23.8 Å². The molecule has 8 nitrogen and oxygen atoms in total. The summed E-state index contributed by atoms with van der Waals surface area (Å²) in [5, 5.41) is 12.5. The average Bonchev–Trinajstić information content (AvgIpc) is 2.83. The lowest BCUT2D eigenvalue weighted by molar-refractivity contribution is -0.274. The number of nitrogens with zero attached hydrogens (tertiary/aromatic N) is 1. The Morgan fingerprint density at radius 1 is 1.22 bits per heavy atom. The minimum atomic E-state index is -4.79. The first-order chi connectivity index (χ1) is 17.0. The number of benzene rings is 1. The van der Waals surface area contributed by atoms with Gasteiger partial charge in [0.2, 0.25) is 0 Å². The summed E-state index contributed by atoms with van der Waals surface area (Å²) in [5.74, 6) is -1.30. The number of alkyl halides is 3. The molecular formula is C25H29F3N2O6. The Balaban J connectivity index is 1.68. The number of aliphatic carboxylic acids is 1.